The quantitative estimate of drug-likeness (QED) is 0.786. The lowest BCUT2D eigenvalue weighted by atomic mass is 9.94. The van der Waals surface area contributed by atoms with Gasteiger partial charge in [-0.15, -0.1) is 0 Å². The number of H-pyrrole nitrogens is 1. The molecule has 1 fully saturated rings. The number of nitrogens with zero attached hydrogens (tertiary/aromatic N) is 2. The maximum atomic E-state index is 4.44. The second kappa shape index (κ2) is 5.40. The summed E-state index contributed by atoms with van der Waals surface area (Å²) in [7, 11) is 1.87. The highest BCUT2D eigenvalue weighted by molar-refractivity contribution is 5.62. The molecular weight excluding hydrogens is 238 g/mol. The Morgan fingerprint density at radius 2 is 2.11 bits per heavy atom. The van der Waals surface area contributed by atoms with E-state index in [2.05, 4.69) is 31.9 Å². The molecule has 0 unspecified atom stereocenters. The molecule has 0 radical (unpaired) electrons. The Kier molecular flexibility index (Phi) is 3.46. The number of piperidine rings is 1. The van der Waals surface area contributed by atoms with E-state index in [-0.39, 0.29) is 0 Å². The van der Waals surface area contributed by atoms with Crippen LogP contribution in [0.4, 0.5) is 5.82 Å². The van der Waals surface area contributed by atoms with Crippen molar-refractivity contribution < 1.29 is 0 Å². The van der Waals surface area contributed by atoms with E-state index in [9.17, 15) is 0 Å². The van der Waals surface area contributed by atoms with E-state index >= 15 is 0 Å². The van der Waals surface area contributed by atoms with Crippen LogP contribution in [0.5, 0.6) is 0 Å². The van der Waals surface area contributed by atoms with Gasteiger partial charge in [0, 0.05) is 30.4 Å². The zero-order chi connectivity index (χ0) is 13.1. The third-order valence-corrected chi connectivity index (χ3v) is 3.69. The molecule has 2 aromatic heterocycles. The zero-order valence-corrected chi connectivity index (χ0v) is 11.1. The van der Waals surface area contributed by atoms with Crippen molar-refractivity contribution in [1.29, 1.82) is 0 Å². The summed E-state index contributed by atoms with van der Waals surface area (Å²) in [6.07, 6.45) is 4.17. The third-order valence-electron chi connectivity index (χ3n) is 3.69. The van der Waals surface area contributed by atoms with Gasteiger partial charge in [0.15, 0.2) is 0 Å². The van der Waals surface area contributed by atoms with Crippen LogP contribution in [-0.2, 0) is 0 Å². The first-order valence-electron chi connectivity index (χ1n) is 6.77. The van der Waals surface area contributed by atoms with Crippen LogP contribution in [-0.4, -0.2) is 35.3 Å². The molecule has 0 aliphatic carbocycles. The van der Waals surface area contributed by atoms with Crippen LogP contribution in [0.25, 0.3) is 11.3 Å². The number of rotatable bonds is 3. The Hall–Kier alpha value is -1.88. The van der Waals surface area contributed by atoms with Gasteiger partial charge in [0.05, 0.1) is 5.69 Å². The van der Waals surface area contributed by atoms with Crippen molar-refractivity contribution in [3.8, 4) is 11.3 Å². The minimum Gasteiger partial charge on any atom is -0.373 e. The number of hydrogen-bond acceptors (Lipinski definition) is 4. The molecule has 0 saturated carbocycles. The van der Waals surface area contributed by atoms with Gasteiger partial charge < -0.3 is 10.6 Å². The van der Waals surface area contributed by atoms with Gasteiger partial charge in [-0.25, -0.2) is 4.98 Å². The van der Waals surface area contributed by atoms with E-state index in [1.807, 2.05) is 19.2 Å². The maximum Gasteiger partial charge on any atom is 0.126 e. The smallest absolute Gasteiger partial charge is 0.126 e. The molecule has 3 rings (SSSR count). The Labute approximate surface area is 112 Å². The van der Waals surface area contributed by atoms with Gasteiger partial charge in [0.1, 0.15) is 5.82 Å². The van der Waals surface area contributed by atoms with Crippen molar-refractivity contribution in [1.82, 2.24) is 20.5 Å². The van der Waals surface area contributed by atoms with Crippen molar-refractivity contribution in [2.24, 2.45) is 0 Å². The minimum atomic E-state index is 0.605. The summed E-state index contributed by atoms with van der Waals surface area (Å²) in [4.78, 5) is 4.22. The molecule has 19 heavy (non-hydrogen) atoms. The van der Waals surface area contributed by atoms with Crippen LogP contribution in [0, 0.1) is 0 Å². The Bertz CT molecular complexity index is 542. The van der Waals surface area contributed by atoms with E-state index in [0.29, 0.717) is 5.92 Å². The van der Waals surface area contributed by atoms with Gasteiger partial charge in [-0.2, -0.15) is 5.10 Å². The molecule has 1 saturated heterocycles. The number of aromatic amines is 1. The maximum absolute atomic E-state index is 4.44. The lowest BCUT2D eigenvalue weighted by Crippen LogP contribution is -2.26. The van der Waals surface area contributed by atoms with Gasteiger partial charge >= 0.3 is 0 Å². The fourth-order valence-corrected chi connectivity index (χ4v) is 2.55. The normalized spacial score (nSPS) is 16.5. The van der Waals surface area contributed by atoms with Crippen LogP contribution in [0.15, 0.2) is 24.4 Å². The van der Waals surface area contributed by atoms with Gasteiger partial charge in [-0.1, -0.05) is 0 Å². The molecule has 3 N–H and O–H groups in total. The van der Waals surface area contributed by atoms with E-state index in [1.54, 1.807) is 6.20 Å². The molecular formula is C14H19N5. The van der Waals surface area contributed by atoms with Crippen LogP contribution in [0.2, 0.25) is 0 Å². The first kappa shape index (κ1) is 12.2. The summed E-state index contributed by atoms with van der Waals surface area (Å²) in [5.74, 6) is 1.47. The van der Waals surface area contributed by atoms with E-state index < -0.39 is 0 Å². The first-order valence-corrected chi connectivity index (χ1v) is 6.77. The third kappa shape index (κ3) is 2.61. The highest BCUT2D eigenvalue weighted by Crippen LogP contribution is 2.27. The second-order valence-corrected chi connectivity index (χ2v) is 4.91. The van der Waals surface area contributed by atoms with Gasteiger partial charge in [-0.05, 0) is 44.1 Å². The average molecular weight is 257 g/mol. The molecule has 0 aromatic carbocycles. The fourth-order valence-electron chi connectivity index (χ4n) is 2.55. The number of aromatic nitrogens is 3. The Morgan fingerprint density at radius 3 is 2.89 bits per heavy atom. The summed E-state index contributed by atoms with van der Waals surface area (Å²) in [5, 5.41) is 14.1. The summed E-state index contributed by atoms with van der Waals surface area (Å²) in [6, 6.07) is 6.18. The molecule has 0 bridgehead atoms. The van der Waals surface area contributed by atoms with E-state index in [1.165, 1.54) is 18.5 Å². The molecule has 5 nitrogen and oxygen atoms in total. The van der Waals surface area contributed by atoms with Crippen LogP contribution < -0.4 is 10.6 Å². The Morgan fingerprint density at radius 1 is 1.26 bits per heavy atom. The average Bonchev–Trinajstić information content (AvgIpc) is 2.98. The lowest BCUT2D eigenvalue weighted by molar-refractivity contribution is 0.453. The summed E-state index contributed by atoms with van der Waals surface area (Å²) < 4.78 is 0. The van der Waals surface area contributed by atoms with Gasteiger partial charge in [-0.3, -0.25) is 5.10 Å². The molecule has 5 heteroatoms. The topological polar surface area (TPSA) is 65.6 Å². The van der Waals surface area contributed by atoms with Gasteiger partial charge in [0.2, 0.25) is 0 Å². The van der Waals surface area contributed by atoms with E-state index in [0.717, 1.165) is 30.2 Å². The number of hydrogen-bond donors (Lipinski definition) is 3. The molecule has 0 amide bonds. The predicted octanol–water partition coefficient (Wildman–Crippen LogP) is 1.98. The van der Waals surface area contributed by atoms with Crippen molar-refractivity contribution in [2.45, 2.75) is 18.8 Å². The van der Waals surface area contributed by atoms with Crippen LogP contribution in [0.3, 0.4) is 0 Å². The van der Waals surface area contributed by atoms with Crippen LogP contribution in [0.1, 0.15) is 24.5 Å². The molecule has 3 heterocycles. The van der Waals surface area contributed by atoms with Crippen molar-refractivity contribution in [3.63, 3.8) is 0 Å². The summed E-state index contributed by atoms with van der Waals surface area (Å²) >= 11 is 0. The van der Waals surface area contributed by atoms with Crippen molar-refractivity contribution >= 4 is 5.82 Å². The molecule has 0 atom stereocenters. The van der Waals surface area contributed by atoms with Crippen LogP contribution >= 0.6 is 0 Å². The first-order chi connectivity index (χ1) is 9.36. The highest BCUT2D eigenvalue weighted by Gasteiger charge is 2.17. The SMILES string of the molecule is CNc1cc(-c2cc(C3CCNCC3)[nH]n2)ccn1. The lowest BCUT2D eigenvalue weighted by Gasteiger charge is -2.20. The van der Waals surface area contributed by atoms with Crippen molar-refractivity contribution in [2.75, 3.05) is 25.5 Å². The Balaban J connectivity index is 1.83. The van der Waals surface area contributed by atoms with Crippen molar-refractivity contribution in [3.05, 3.63) is 30.1 Å². The molecule has 100 valence electrons. The monoisotopic (exact) mass is 257 g/mol. The fraction of sp³-hybridized carbons (Fsp3) is 0.429. The number of nitrogens with one attached hydrogen (secondary N) is 3. The van der Waals surface area contributed by atoms with E-state index in [4.69, 9.17) is 0 Å². The molecule has 0 spiro atoms. The largest absolute Gasteiger partial charge is 0.373 e. The number of pyridine rings is 1. The number of anilines is 1. The summed E-state index contributed by atoms with van der Waals surface area (Å²) in [5.41, 5.74) is 3.34. The molecule has 1 aliphatic heterocycles. The zero-order valence-electron chi connectivity index (χ0n) is 11.1. The molecule has 2 aromatic rings. The second-order valence-electron chi connectivity index (χ2n) is 4.91. The predicted molar refractivity (Wildman–Crippen MR) is 76.2 cm³/mol. The van der Waals surface area contributed by atoms with Gasteiger partial charge in [0.25, 0.3) is 0 Å². The standard InChI is InChI=1S/C14H19N5/c1-15-14-8-11(4-7-17-14)13-9-12(18-19-13)10-2-5-16-6-3-10/h4,7-10,16H,2-3,5-6H2,1H3,(H,15,17)(H,18,19). The molecule has 1 aliphatic rings. The highest BCUT2D eigenvalue weighted by atomic mass is 15.1. The summed E-state index contributed by atoms with van der Waals surface area (Å²) in [6.45, 7) is 2.19. The minimum absolute atomic E-state index is 0.605.